The van der Waals surface area contributed by atoms with Crippen LogP contribution in [0.15, 0.2) is 36.9 Å². The molecule has 1 aromatic heterocycles. The van der Waals surface area contributed by atoms with Crippen molar-refractivity contribution in [3.8, 4) is 0 Å². The Kier molecular flexibility index (Phi) is 5.05. The third kappa shape index (κ3) is 3.58. The third-order valence-corrected chi connectivity index (χ3v) is 3.35. The molecule has 0 saturated carbocycles. The van der Waals surface area contributed by atoms with Gasteiger partial charge in [-0.1, -0.05) is 18.2 Å². The number of halogens is 1. The van der Waals surface area contributed by atoms with Crippen molar-refractivity contribution < 1.29 is 14.2 Å². The van der Waals surface area contributed by atoms with Crippen LogP contribution in [-0.4, -0.2) is 38.2 Å². The van der Waals surface area contributed by atoms with Gasteiger partial charge in [-0.25, -0.2) is 14.1 Å². The van der Waals surface area contributed by atoms with Gasteiger partial charge in [-0.3, -0.25) is 0 Å². The number of rotatable bonds is 6. The molecule has 118 valence electrons. The van der Waals surface area contributed by atoms with Gasteiger partial charge in [-0.2, -0.15) is 5.10 Å². The van der Waals surface area contributed by atoms with E-state index in [9.17, 15) is 9.50 Å². The van der Waals surface area contributed by atoms with Crippen LogP contribution in [0, 0.1) is 5.82 Å². The van der Waals surface area contributed by atoms with E-state index in [2.05, 4.69) is 10.1 Å². The first-order chi connectivity index (χ1) is 10.5. The quantitative estimate of drug-likeness (QED) is 0.891. The zero-order chi connectivity index (χ0) is 16.2. The number of nitrogens with zero attached hydrogens (tertiary/aromatic N) is 3. The largest absolute Gasteiger partial charge is 0.384 e. The molecule has 0 bridgehead atoms. The number of hydrogen-bond acceptors (Lipinski definition) is 4. The molecule has 5 nitrogen and oxygen atoms in total. The molecular formula is C16H20FN3O2. The average molecular weight is 305 g/mol. The van der Waals surface area contributed by atoms with Gasteiger partial charge in [0.25, 0.3) is 0 Å². The molecule has 2 aromatic rings. The minimum atomic E-state index is -1.01. The second-order valence-electron chi connectivity index (χ2n) is 5.37. The average Bonchev–Trinajstić information content (AvgIpc) is 2.99. The monoisotopic (exact) mass is 305 g/mol. The van der Waals surface area contributed by atoms with Gasteiger partial charge < -0.3 is 9.84 Å². The Bertz CT molecular complexity index is 639. The van der Waals surface area contributed by atoms with E-state index in [1.165, 1.54) is 23.4 Å². The minimum Gasteiger partial charge on any atom is -0.384 e. The summed E-state index contributed by atoms with van der Waals surface area (Å²) in [5.74, 6) is -0.374. The Hall–Kier alpha value is -2.05. The first kappa shape index (κ1) is 16.3. The van der Waals surface area contributed by atoms with E-state index < -0.39 is 11.7 Å². The van der Waals surface area contributed by atoms with Crippen molar-refractivity contribution in [3.63, 3.8) is 0 Å². The topological polar surface area (TPSA) is 60.2 Å². The van der Waals surface area contributed by atoms with E-state index in [1.807, 2.05) is 6.92 Å². The van der Waals surface area contributed by atoms with Crippen LogP contribution in [0.5, 0.6) is 0 Å². The van der Waals surface area contributed by atoms with Gasteiger partial charge in [0.2, 0.25) is 0 Å². The lowest BCUT2D eigenvalue weighted by Gasteiger charge is -2.31. The number of ether oxygens (including phenoxy) is 1. The Morgan fingerprint density at radius 2 is 2.18 bits per heavy atom. The highest BCUT2D eigenvalue weighted by Gasteiger charge is 2.32. The van der Waals surface area contributed by atoms with Crippen molar-refractivity contribution in [2.24, 2.45) is 0 Å². The van der Waals surface area contributed by atoms with E-state index in [0.717, 1.165) is 0 Å². The zero-order valence-electron chi connectivity index (χ0n) is 12.9. The first-order valence-electron chi connectivity index (χ1n) is 7.09. The molecule has 6 heteroatoms. The van der Waals surface area contributed by atoms with Gasteiger partial charge in [-0.05, 0) is 32.9 Å². The van der Waals surface area contributed by atoms with Crippen LogP contribution in [0.4, 0.5) is 4.39 Å². The third-order valence-electron chi connectivity index (χ3n) is 3.35. The molecule has 0 spiro atoms. The zero-order valence-corrected chi connectivity index (χ0v) is 12.9. The number of hydrogen-bond donors (Lipinski definition) is 1. The van der Waals surface area contributed by atoms with Crippen molar-refractivity contribution in [1.29, 1.82) is 0 Å². The Morgan fingerprint density at radius 3 is 2.77 bits per heavy atom. The summed E-state index contributed by atoms with van der Waals surface area (Å²) in [6, 6.07) is 6.34. The molecule has 1 unspecified atom stereocenters. The fourth-order valence-electron chi connectivity index (χ4n) is 2.17. The van der Waals surface area contributed by atoms with Crippen LogP contribution >= 0.6 is 0 Å². The smallest absolute Gasteiger partial charge is 0.138 e. The highest BCUT2D eigenvalue weighted by atomic mass is 19.1. The van der Waals surface area contributed by atoms with E-state index in [-0.39, 0.29) is 5.82 Å². The van der Waals surface area contributed by atoms with Gasteiger partial charge in [0, 0.05) is 12.2 Å². The molecule has 1 N–H and O–H groups in total. The second-order valence-corrected chi connectivity index (χ2v) is 5.37. The summed E-state index contributed by atoms with van der Waals surface area (Å²) >= 11 is 0. The summed E-state index contributed by atoms with van der Waals surface area (Å²) in [4.78, 5) is 3.88. The van der Waals surface area contributed by atoms with Crippen molar-refractivity contribution in [2.45, 2.75) is 32.5 Å². The molecule has 22 heavy (non-hydrogen) atoms. The SMILES string of the molecule is CCOC(C)(C)C(O)/C(=C\c1ccccc1F)n1cncn1. The molecule has 1 atom stereocenters. The van der Waals surface area contributed by atoms with E-state index in [4.69, 9.17) is 4.74 Å². The highest BCUT2D eigenvalue weighted by Crippen LogP contribution is 2.26. The molecule has 0 aliphatic rings. The summed E-state index contributed by atoms with van der Waals surface area (Å²) in [6.45, 7) is 5.85. The molecule has 2 rings (SSSR count). The normalized spacial score (nSPS) is 14.1. The van der Waals surface area contributed by atoms with Gasteiger partial charge in [0.15, 0.2) is 0 Å². The molecular weight excluding hydrogens is 285 g/mol. The lowest BCUT2D eigenvalue weighted by molar-refractivity contribution is -0.0753. The number of aliphatic hydroxyl groups excluding tert-OH is 1. The maximum Gasteiger partial charge on any atom is 0.138 e. The highest BCUT2D eigenvalue weighted by molar-refractivity contribution is 5.73. The van der Waals surface area contributed by atoms with Crippen molar-refractivity contribution in [3.05, 3.63) is 48.3 Å². The maximum absolute atomic E-state index is 13.9. The standard InChI is InChI=1S/C16H20FN3O2/c1-4-22-16(2,3)15(21)14(20-11-18-10-19-20)9-12-7-5-6-8-13(12)17/h5-11,15,21H,4H2,1-3H3/b14-9+. The van der Waals surface area contributed by atoms with Crippen LogP contribution in [0.25, 0.3) is 11.8 Å². The predicted octanol–water partition coefficient (Wildman–Crippen LogP) is 2.59. The van der Waals surface area contributed by atoms with Gasteiger partial charge in [0.1, 0.15) is 24.6 Å². The summed E-state index contributed by atoms with van der Waals surface area (Å²) < 4.78 is 20.9. The number of benzene rings is 1. The summed E-state index contributed by atoms with van der Waals surface area (Å²) in [5, 5.41) is 14.7. The fraction of sp³-hybridized carbons (Fsp3) is 0.375. The molecule has 0 aliphatic carbocycles. The Morgan fingerprint density at radius 1 is 1.45 bits per heavy atom. The van der Waals surface area contributed by atoms with Crippen LogP contribution in [0.2, 0.25) is 0 Å². The lowest BCUT2D eigenvalue weighted by atomic mass is 9.97. The first-order valence-corrected chi connectivity index (χ1v) is 7.09. The van der Waals surface area contributed by atoms with E-state index >= 15 is 0 Å². The van der Waals surface area contributed by atoms with Crippen LogP contribution in [-0.2, 0) is 4.74 Å². The van der Waals surface area contributed by atoms with Crippen LogP contribution < -0.4 is 0 Å². The van der Waals surface area contributed by atoms with Gasteiger partial charge in [-0.15, -0.1) is 0 Å². The van der Waals surface area contributed by atoms with Gasteiger partial charge >= 0.3 is 0 Å². The van der Waals surface area contributed by atoms with Crippen LogP contribution in [0.3, 0.4) is 0 Å². The maximum atomic E-state index is 13.9. The second kappa shape index (κ2) is 6.81. The summed E-state index contributed by atoms with van der Waals surface area (Å²) in [5.41, 5.74) is -0.0990. The van der Waals surface area contributed by atoms with Crippen molar-refractivity contribution in [1.82, 2.24) is 14.8 Å². The summed E-state index contributed by atoms with van der Waals surface area (Å²) in [7, 11) is 0. The molecule has 0 aliphatic heterocycles. The molecule has 0 saturated heterocycles. The molecule has 0 amide bonds. The number of aromatic nitrogens is 3. The molecule has 1 aromatic carbocycles. The van der Waals surface area contributed by atoms with Crippen molar-refractivity contribution in [2.75, 3.05) is 6.61 Å². The number of aliphatic hydroxyl groups is 1. The van der Waals surface area contributed by atoms with Crippen LogP contribution in [0.1, 0.15) is 26.3 Å². The molecule has 1 heterocycles. The fourth-order valence-corrected chi connectivity index (χ4v) is 2.17. The van der Waals surface area contributed by atoms with Crippen molar-refractivity contribution >= 4 is 11.8 Å². The van der Waals surface area contributed by atoms with E-state index in [0.29, 0.717) is 17.9 Å². The Balaban J connectivity index is 2.47. The van der Waals surface area contributed by atoms with Gasteiger partial charge in [0.05, 0.1) is 11.3 Å². The minimum absolute atomic E-state index is 0.361. The van der Waals surface area contributed by atoms with E-state index in [1.54, 1.807) is 38.1 Å². The Labute approximate surface area is 129 Å². The molecule has 0 radical (unpaired) electrons. The lowest BCUT2D eigenvalue weighted by Crippen LogP contribution is -2.41. The predicted molar refractivity (Wildman–Crippen MR) is 82.3 cm³/mol. The summed E-state index contributed by atoms with van der Waals surface area (Å²) in [6.07, 6.45) is 3.36. The molecule has 0 fully saturated rings.